The number of hydrazine groups is 1. The SMILES string of the molecule is COc1ccc(-c2c(CN3CCOCC3)nc3scc(C(=O)NNC(C)=O)n23)cc1. The summed E-state index contributed by atoms with van der Waals surface area (Å²) in [6.45, 7) is 5.07. The highest BCUT2D eigenvalue weighted by Gasteiger charge is 2.23. The first kappa shape index (κ1) is 20.3. The van der Waals surface area contributed by atoms with Crippen molar-refractivity contribution in [2.75, 3.05) is 33.4 Å². The van der Waals surface area contributed by atoms with Crippen LogP contribution in [0, 0.1) is 0 Å². The number of ether oxygens (including phenoxy) is 2. The van der Waals surface area contributed by atoms with Gasteiger partial charge in [0.15, 0.2) is 4.96 Å². The Morgan fingerprint density at radius 3 is 2.60 bits per heavy atom. The summed E-state index contributed by atoms with van der Waals surface area (Å²) in [6, 6.07) is 7.68. The van der Waals surface area contributed by atoms with Gasteiger partial charge in [-0.3, -0.25) is 29.7 Å². The molecule has 0 radical (unpaired) electrons. The molecule has 4 rings (SSSR count). The maximum absolute atomic E-state index is 12.7. The lowest BCUT2D eigenvalue weighted by molar-refractivity contribution is -0.119. The monoisotopic (exact) mass is 429 g/mol. The predicted molar refractivity (Wildman–Crippen MR) is 112 cm³/mol. The second kappa shape index (κ2) is 8.82. The molecule has 30 heavy (non-hydrogen) atoms. The minimum absolute atomic E-state index is 0.344. The topological polar surface area (TPSA) is 97.2 Å². The average Bonchev–Trinajstić information content (AvgIpc) is 3.31. The Labute approximate surface area is 177 Å². The third-order valence-electron chi connectivity index (χ3n) is 4.86. The first-order valence-corrected chi connectivity index (χ1v) is 10.4. The number of carbonyl (C=O) groups is 2. The molecule has 1 aromatic carbocycles. The van der Waals surface area contributed by atoms with Crippen molar-refractivity contribution in [2.45, 2.75) is 13.5 Å². The number of nitrogens with one attached hydrogen (secondary N) is 2. The Morgan fingerprint density at radius 2 is 1.93 bits per heavy atom. The number of aromatic nitrogens is 2. The lowest BCUT2D eigenvalue weighted by atomic mass is 10.1. The summed E-state index contributed by atoms with van der Waals surface area (Å²) in [4.78, 5) is 31.7. The van der Waals surface area contributed by atoms with Gasteiger partial charge in [-0.15, -0.1) is 11.3 Å². The molecule has 1 aliphatic heterocycles. The number of hydrogen-bond donors (Lipinski definition) is 2. The van der Waals surface area contributed by atoms with Gasteiger partial charge in [0, 0.05) is 37.5 Å². The Balaban J connectivity index is 1.77. The summed E-state index contributed by atoms with van der Waals surface area (Å²) in [7, 11) is 1.62. The number of fused-ring (bicyclic) bond motifs is 1. The van der Waals surface area contributed by atoms with Crippen LogP contribution < -0.4 is 15.6 Å². The van der Waals surface area contributed by atoms with Crippen LogP contribution in [0.3, 0.4) is 0 Å². The number of rotatable bonds is 5. The summed E-state index contributed by atoms with van der Waals surface area (Å²) >= 11 is 1.39. The molecule has 2 aromatic heterocycles. The average molecular weight is 430 g/mol. The largest absolute Gasteiger partial charge is 0.497 e. The number of carbonyl (C=O) groups excluding carboxylic acids is 2. The molecule has 1 fully saturated rings. The molecule has 0 saturated carbocycles. The highest BCUT2D eigenvalue weighted by atomic mass is 32.1. The van der Waals surface area contributed by atoms with Gasteiger partial charge in [0.25, 0.3) is 5.91 Å². The van der Waals surface area contributed by atoms with Crippen molar-refractivity contribution in [1.82, 2.24) is 25.1 Å². The molecule has 0 unspecified atom stereocenters. The molecule has 0 bridgehead atoms. The number of methoxy groups -OCH3 is 1. The van der Waals surface area contributed by atoms with Gasteiger partial charge in [-0.2, -0.15) is 0 Å². The molecule has 0 aliphatic carbocycles. The number of imidazole rings is 1. The van der Waals surface area contributed by atoms with Crippen LogP contribution in [0.25, 0.3) is 16.2 Å². The van der Waals surface area contributed by atoms with Gasteiger partial charge in [0.2, 0.25) is 5.91 Å². The summed E-state index contributed by atoms with van der Waals surface area (Å²) in [5.74, 6) is 0.00792. The molecule has 2 amide bonds. The molecule has 0 spiro atoms. The smallest absolute Gasteiger partial charge is 0.287 e. The van der Waals surface area contributed by atoms with Gasteiger partial charge >= 0.3 is 0 Å². The van der Waals surface area contributed by atoms with E-state index in [4.69, 9.17) is 14.5 Å². The minimum Gasteiger partial charge on any atom is -0.497 e. The number of thiazole rings is 1. The van der Waals surface area contributed by atoms with Crippen LogP contribution in [-0.2, 0) is 16.1 Å². The maximum atomic E-state index is 12.7. The summed E-state index contributed by atoms with van der Waals surface area (Å²) in [5, 5.41) is 1.74. The molecule has 3 heterocycles. The number of hydrogen-bond acceptors (Lipinski definition) is 7. The van der Waals surface area contributed by atoms with Crippen molar-refractivity contribution in [3.63, 3.8) is 0 Å². The van der Waals surface area contributed by atoms with Crippen LogP contribution >= 0.6 is 11.3 Å². The zero-order valence-corrected chi connectivity index (χ0v) is 17.6. The van der Waals surface area contributed by atoms with Crippen LogP contribution in [0.5, 0.6) is 5.75 Å². The lowest BCUT2D eigenvalue weighted by Crippen LogP contribution is -2.40. The van der Waals surface area contributed by atoms with Gasteiger partial charge in [-0.05, 0) is 24.3 Å². The van der Waals surface area contributed by atoms with Crippen LogP contribution in [-0.4, -0.2) is 59.5 Å². The normalized spacial score (nSPS) is 14.6. The van der Waals surface area contributed by atoms with E-state index in [0.29, 0.717) is 25.5 Å². The van der Waals surface area contributed by atoms with Crippen molar-refractivity contribution in [2.24, 2.45) is 0 Å². The maximum Gasteiger partial charge on any atom is 0.287 e. The number of amides is 2. The van der Waals surface area contributed by atoms with E-state index in [2.05, 4.69) is 15.8 Å². The van der Waals surface area contributed by atoms with Gasteiger partial charge in [-0.25, -0.2) is 4.98 Å². The van der Waals surface area contributed by atoms with E-state index in [1.54, 1.807) is 12.5 Å². The quantitative estimate of drug-likeness (QED) is 0.599. The number of morpholine rings is 1. The molecule has 2 N–H and O–H groups in total. The van der Waals surface area contributed by atoms with Crippen molar-refractivity contribution in [3.8, 4) is 17.0 Å². The Morgan fingerprint density at radius 1 is 1.20 bits per heavy atom. The summed E-state index contributed by atoms with van der Waals surface area (Å²) in [5.41, 5.74) is 7.86. The van der Waals surface area contributed by atoms with Gasteiger partial charge in [0.1, 0.15) is 11.4 Å². The molecule has 3 aromatic rings. The molecule has 1 aliphatic rings. The van der Waals surface area contributed by atoms with E-state index >= 15 is 0 Å². The van der Waals surface area contributed by atoms with Gasteiger partial charge in [-0.1, -0.05) is 0 Å². The second-order valence-corrected chi connectivity index (χ2v) is 7.73. The van der Waals surface area contributed by atoms with Gasteiger partial charge < -0.3 is 9.47 Å². The summed E-state index contributed by atoms with van der Waals surface area (Å²) < 4.78 is 12.6. The van der Waals surface area contributed by atoms with Crippen molar-refractivity contribution in [3.05, 3.63) is 41.0 Å². The fourth-order valence-corrected chi connectivity index (χ4v) is 4.28. The Hall–Kier alpha value is -2.95. The van der Waals surface area contributed by atoms with E-state index in [1.165, 1.54) is 18.3 Å². The molecule has 158 valence electrons. The zero-order chi connectivity index (χ0) is 21.1. The summed E-state index contributed by atoms with van der Waals surface area (Å²) in [6.07, 6.45) is 0. The van der Waals surface area contributed by atoms with E-state index in [0.717, 1.165) is 40.8 Å². The highest BCUT2D eigenvalue weighted by molar-refractivity contribution is 7.15. The first-order valence-electron chi connectivity index (χ1n) is 9.57. The zero-order valence-electron chi connectivity index (χ0n) is 16.8. The van der Waals surface area contributed by atoms with Crippen LogP contribution in [0.2, 0.25) is 0 Å². The lowest BCUT2D eigenvalue weighted by Gasteiger charge is -2.26. The third kappa shape index (κ3) is 4.16. The molecular weight excluding hydrogens is 406 g/mol. The van der Waals surface area contributed by atoms with Crippen molar-refractivity contribution >= 4 is 28.1 Å². The molecule has 0 atom stereocenters. The molecular formula is C20H23N5O4S. The first-order chi connectivity index (χ1) is 14.6. The van der Waals surface area contributed by atoms with E-state index in [1.807, 2.05) is 28.7 Å². The van der Waals surface area contributed by atoms with Crippen LogP contribution in [0.1, 0.15) is 23.1 Å². The fraction of sp³-hybridized carbons (Fsp3) is 0.350. The van der Waals surface area contributed by atoms with E-state index < -0.39 is 5.91 Å². The third-order valence-corrected chi connectivity index (χ3v) is 5.69. The van der Waals surface area contributed by atoms with E-state index in [9.17, 15) is 9.59 Å². The van der Waals surface area contributed by atoms with E-state index in [-0.39, 0.29) is 5.91 Å². The van der Waals surface area contributed by atoms with Crippen LogP contribution in [0.15, 0.2) is 29.6 Å². The Kier molecular flexibility index (Phi) is 5.98. The number of benzene rings is 1. The van der Waals surface area contributed by atoms with Crippen molar-refractivity contribution < 1.29 is 19.1 Å². The van der Waals surface area contributed by atoms with Gasteiger partial charge in [0.05, 0.1) is 31.7 Å². The highest BCUT2D eigenvalue weighted by Crippen LogP contribution is 2.31. The van der Waals surface area contributed by atoms with Crippen molar-refractivity contribution in [1.29, 1.82) is 0 Å². The Bertz CT molecular complexity index is 1050. The predicted octanol–water partition coefficient (Wildman–Crippen LogP) is 1.68. The molecule has 9 nitrogen and oxygen atoms in total. The molecule has 10 heteroatoms. The fourth-order valence-electron chi connectivity index (χ4n) is 3.40. The standard InChI is InChI=1S/C20H23N5O4S/c1-13(26)22-23-19(27)17-12-30-20-21-16(11-24-7-9-29-10-8-24)18(25(17)20)14-3-5-15(28-2)6-4-14/h3-6,12H,7-11H2,1-2H3,(H,22,26)(H,23,27). The van der Waals surface area contributed by atoms with Crippen LogP contribution in [0.4, 0.5) is 0 Å². The molecule has 1 saturated heterocycles. The number of nitrogens with zero attached hydrogens (tertiary/aromatic N) is 3. The second-order valence-electron chi connectivity index (χ2n) is 6.90. The minimum atomic E-state index is -0.401.